The maximum Gasteiger partial charge on any atom is 0.254 e. The van der Waals surface area contributed by atoms with Gasteiger partial charge >= 0.3 is 0 Å². The third kappa shape index (κ3) is 2.81. The summed E-state index contributed by atoms with van der Waals surface area (Å²) in [4.78, 5) is 18.9. The fourth-order valence-electron chi connectivity index (χ4n) is 2.92. The zero-order chi connectivity index (χ0) is 14.7. The largest absolute Gasteiger partial charge is 0.332 e. The molecule has 0 saturated carbocycles. The highest BCUT2D eigenvalue weighted by Crippen LogP contribution is 2.32. The van der Waals surface area contributed by atoms with Crippen molar-refractivity contribution < 1.29 is 4.79 Å². The summed E-state index contributed by atoms with van der Waals surface area (Å²) in [5.74, 6) is 0.0680. The van der Waals surface area contributed by atoms with Crippen molar-refractivity contribution in [3.05, 3.63) is 65.5 Å². The van der Waals surface area contributed by atoms with Gasteiger partial charge in [-0.2, -0.15) is 0 Å². The number of carbonyl (C=O) groups is 1. The second-order valence-corrected chi connectivity index (χ2v) is 5.31. The van der Waals surface area contributed by atoms with Crippen LogP contribution in [0.15, 0.2) is 48.7 Å². The predicted octanol–water partition coefficient (Wildman–Crippen LogP) is 2.52. The van der Waals surface area contributed by atoms with Crippen LogP contribution in [0.4, 0.5) is 0 Å². The topological polar surface area (TPSA) is 59.2 Å². The molecule has 4 nitrogen and oxygen atoms in total. The van der Waals surface area contributed by atoms with E-state index in [1.807, 2.05) is 23.1 Å². The second-order valence-electron chi connectivity index (χ2n) is 5.31. The Balaban J connectivity index is 1.86. The first-order chi connectivity index (χ1) is 10.3. The van der Waals surface area contributed by atoms with Crippen molar-refractivity contribution in [1.82, 2.24) is 9.88 Å². The lowest BCUT2D eigenvalue weighted by Crippen LogP contribution is -2.30. The molecule has 0 spiro atoms. The summed E-state index contributed by atoms with van der Waals surface area (Å²) in [5, 5.41) is 0. The third-order valence-electron chi connectivity index (χ3n) is 3.97. The van der Waals surface area contributed by atoms with Crippen LogP contribution in [0.2, 0.25) is 0 Å². The Morgan fingerprint density at radius 1 is 1.29 bits per heavy atom. The summed E-state index contributed by atoms with van der Waals surface area (Å²) in [6.07, 6.45) is 3.72. The lowest BCUT2D eigenvalue weighted by molar-refractivity contribution is 0.0735. The molecule has 1 fully saturated rings. The lowest BCUT2D eigenvalue weighted by Gasteiger charge is -2.25. The fraction of sp³-hybridized carbons (Fsp3) is 0.294. The predicted molar refractivity (Wildman–Crippen MR) is 81.6 cm³/mol. The molecule has 1 unspecified atom stereocenters. The zero-order valence-electron chi connectivity index (χ0n) is 11.9. The number of pyridine rings is 1. The van der Waals surface area contributed by atoms with Crippen LogP contribution in [0.3, 0.4) is 0 Å². The van der Waals surface area contributed by atoms with Crippen molar-refractivity contribution in [2.45, 2.75) is 25.4 Å². The van der Waals surface area contributed by atoms with Crippen LogP contribution in [0.1, 0.15) is 40.5 Å². The van der Waals surface area contributed by atoms with Crippen LogP contribution in [-0.2, 0) is 6.54 Å². The van der Waals surface area contributed by atoms with Crippen LogP contribution in [0.25, 0.3) is 0 Å². The Hall–Kier alpha value is -2.20. The van der Waals surface area contributed by atoms with Gasteiger partial charge in [-0.25, -0.2) is 0 Å². The number of aromatic nitrogens is 1. The van der Waals surface area contributed by atoms with Crippen molar-refractivity contribution in [3.8, 4) is 0 Å². The first-order valence-electron chi connectivity index (χ1n) is 7.30. The van der Waals surface area contributed by atoms with Gasteiger partial charge in [-0.1, -0.05) is 30.3 Å². The van der Waals surface area contributed by atoms with Gasteiger partial charge < -0.3 is 10.6 Å². The van der Waals surface area contributed by atoms with Gasteiger partial charge in [0.25, 0.3) is 5.91 Å². The van der Waals surface area contributed by atoms with Crippen LogP contribution in [0, 0.1) is 0 Å². The van der Waals surface area contributed by atoms with Gasteiger partial charge in [-0.15, -0.1) is 0 Å². The number of amides is 1. The van der Waals surface area contributed by atoms with E-state index >= 15 is 0 Å². The van der Waals surface area contributed by atoms with Crippen LogP contribution in [-0.4, -0.2) is 22.3 Å². The summed E-state index contributed by atoms with van der Waals surface area (Å²) in [5.41, 5.74) is 8.23. The third-order valence-corrected chi connectivity index (χ3v) is 3.97. The quantitative estimate of drug-likeness (QED) is 0.940. The monoisotopic (exact) mass is 281 g/mol. The molecule has 1 aliphatic heterocycles. The molecule has 0 aliphatic carbocycles. The molecule has 2 heterocycles. The van der Waals surface area contributed by atoms with Gasteiger partial charge in [0.05, 0.1) is 11.7 Å². The van der Waals surface area contributed by atoms with E-state index in [1.165, 1.54) is 5.56 Å². The van der Waals surface area contributed by atoms with Gasteiger partial charge in [0.1, 0.15) is 0 Å². The molecule has 0 radical (unpaired) electrons. The Labute approximate surface area is 124 Å². The summed E-state index contributed by atoms with van der Waals surface area (Å²) < 4.78 is 0. The average Bonchev–Trinajstić information content (AvgIpc) is 3.04. The van der Waals surface area contributed by atoms with Crippen molar-refractivity contribution in [2.24, 2.45) is 5.73 Å². The molecule has 2 N–H and O–H groups in total. The van der Waals surface area contributed by atoms with E-state index < -0.39 is 0 Å². The smallest absolute Gasteiger partial charge is 0.254 e. The lowest BCUT2D eigenvalue weighted by atomic mass is 10.0. The number of hydrogen-bond donors (Lipinski definition) is 1. The van der Waals surface area contributed by atoms with E-state index in [0.717, 1.165) is 25.1 Å². The van der Waals surface area contributed by atoms with Gasteiger partial charge in [0.15, 0.2) is 0 Å². The van der Waals surface area contributed by atoms with E-state index in [2.05, 4.69) is 17.1 Å². The maximum absolute atomic E-state index is 12.8. The normalized spacial score (nSPS) is 18.0. The van der Waals surface area contributed by atoms with E-state index in [9.17, 15) is 4.79 Å². The van der Waals surface area contributed by atoms with Crippen molar-refractivity contribution >= 4 is 5.91 Å². The Morgan fingerprint density at radius 3 is 2.86 bits per heavy atom. The van der Waals surface area contributed by atoms with Gasteiger partial charge in [0.2, 0.25) is 0 Å². The molecule has 1 amide bonds. The van der Waals surface area contributed by atoms with Gasteiger partial charge in [0, 0.05) is 24.8 Å². The number of nitrogens with two attached hydrogens (primary N) is 1. The number of benzene rings is 1. The fourth-order valence-corrected chi connectivity index (χ4v) is 2.92. The molecule has 2 aromatic rings. The Kier molecular flexibility index (Phi) is 3.97. The van der Waals surface area contributed by atoms with E-state index in [0.29, 0.717) is 12.1 Å². The summed E-state index contributed by atoms with van der Waals surface area (Å²) in [7, 11) is 0. The standard InChI is InChI=1S/C17H19N3O/c18-12-15-11-14(8-9-19-15)17(21)20-10-4-7-16(20)13-5-2-1-3-6-13/h1-3,5-6,8-9,11,16H,4,7,10,12,18H2. The molecular formula is C17H19N3O. The highest BCUT2D eigenvalue weighted by molar-refractivity contribution is 5.94. The number of carbonyl (C=O) groups excluding carboxylic acids is 1. The summed E-state index contributed by atoms with van der Waals surface area (Å²) in [6.45, 7) is 1.15. The number of rotatable bonds is 3. The Morgan fingerprint density at radius 2 is 2.10 bits per heavy atom. The van der Waals surface area contributed by atoms with Gasteiger partial charge in [-0.3, -0.25) is 9.78 Å². The van der Waals surface area contributed by atoms with E-state index in [-0.39, 0.29) is 11.9 Å². The molecular weight excluding hydrogens is 262 g/mol. The van der Waals surface area contributed by atoms with Crippen LogP contribution < -0.4 is 5.73 Å². The second kappa shape index (κ2) is 6.06. The molecule has 0 bridgehead atoms. The van der Waals surface area contributed by atoms with Gasteiger partial charge in [-0.05, 0) is 30.5 Å². The molecule has 108 valence electrons. The maximum atomic E-state index is 12.8. The summed E-state index contributed by atoms with van der Waals surface area (Å²) >= 11 is 0. The molecule has 1 aliphatic rings. The number of likely N-dealkylation sites (tertiary alicyclic amines) is 1. The zero-order valence-corrected chi connectivity index (χ0v) is 11.9. The molecule has 4 heteroatoms. The first-order valence-corrected chi connectivity index (χ1v) is 7.30. The SMILES string of the molecule is NCc1cc(C(=O)N2CCCC2c2ccccc2)ccn1. The highest BCUT2D eigenvalue weighted by Gasteiger charge is 2.30. The molecule has 21 heavy (non-hydrogen) atoms. The molecule has 1 aromatic carbocycles. The number of nitrogens with zero attached hydrogens (tertiary/aromatic N) is 2. The van der Waals surface area contributed by atoms with E-state index in [1.54, 1.807) is 18.3 Å². The van der Waals surface area contributed by atoms with Crippen molar-refractivity contribution in [3.63, 3.8) is 0 Å². The number of hydrogen-bond acceptors (Lipinski definition) is 3. The minimum absolute atomic E-state index is 0.0680. The van der Waals surface area contributed by atoms with Crippen molar-refractivity contribution in [1.29, 1.82) is 0 Å². The molecule has 1 aromatic heterocycles. The Bertz CT molecular complexity index is 627. The van der Waals surface area contributed by atoms with E-state index in [4.69, 9.17) is 5.73 Å². The molecule has 1 atom stereocenters. The highest BCUT2D eigenvalue weighted by atomic mass is 16.2. The molecule has 1 saturated heterocycles. The minimum atomic E-state index is 0.0680. The first kappa shape index (κ1) is 13.8. The summed E-state index contributed by atoms with van der Waals surface area (Å²) in [6, 6.07) is 14.0. The van der Waals surface area contributed by atoms with Crippen LogP contribution >= 0.6 is 0 Å². The van der Waals surface area contributed by atoms with Crippen molar-refractivity contribution in [2.75, 3.05) is 6.54 Å². The molecule has 3 rings (SSSR count). The minimum Gasteiger partial charge on any atom is -0.332 e. The average molecular weight is 281 g/mol. The van der Waals surface area contributed by atoms with Crippen LogP contribution in [0.5, 0.6) is 0 Å².